The average Bonchev–Trinajstić information content (AvgIpc) is 2.90. The third kappa shape index (κ3) is 3.60. The SMILES string of the molecule is CC(C)(C)[Si](C)(C)OC1CC(=O)C(c2ccccc2)=C1c1ccccc1. The maximum Gasteiger partial charge on any atom is 0.192 e. The number of ketones is 1. The van der Waals surface area contributed by atoms with Gasteiger partial charge in [-0.3, -0.25) is 4.79 Å². The molecule has 0 spiro atoms. The number of hydrogen-bond acceptors (Lipinski definition) is 2. The highest BCUT2D eigenvalue weighted by Gasteiger charge is 2.43. The van der Waals surface area contributed by atoms with Crippen molar-refractivity contribution in [3.05, 3.63) is 71.8 Å². The Hall–Kier alpha value is -1.97. The summed E-state index contributed by atoms with van der Waals surface area (Å²) in [6.45, 7) is 11.2. The van der Waals surface area contributed by atoms with Crippen LogP contribution in [0.5, 0.6) is 0 Å². The van der Waals surface area contributed by atoms with Crippen LogP contribution in [0.4, 0.5) is 0 Å². The summed E-state index contributed by atoms with van der Waals surface area (Å²) >= 11 is 0. The van der Waals surface area contributed by atoms with Gasteiger partial charge in [0.2, 0.25) is 0 Å². The van der Waals surface area contributed by atoms with Gasteiger partial charge in [0.25, 0.3) is 0 Å². The Morgan fingerprint density at radius 2 is 1.38 bits per heavy atom. The molecule has 0 saturated heterocycles. The summed E-state index contributed by atoms with van der Waals surface area (Å²) in [4.78, 5) is 13.0. The van der Waals surface area contributed by atoms with Gasteiger partial charge >= 0.3 is 0 Å². The lowest BCUT2D eigenvalue weighted by Gasteiger charge is -2.39. The topological polar surface area (TPSA) is 26.3 Å². The molecule has 2 aromatic rings. The second-order valence-electron chi connectivity index (χ2n) is 8.51. The van der Waals surface area contributed by atoms with Crippen molar-refractivity contribution in [2.24, 2.45) is 0 Å². The van der Waals surface area contributed by atoms with Gasteiger partial charge in [0.15, 0.2) is 14.1 Å². The fraction of sp³-hybridized carbons (Fsp3) is 0.348. The number of rotatable bonds is 4. The number of carbonyl (C=O) groups is 1. The van der Waals surface area contributed by atoms with Gasteiger partial charge in [-0.05, 0) is 34.8 Å². The Balaban J connectivity index is 2.12. The Morgan fingerprint density at radius 3 is 1.88 bits per heavy atom. The molecule has 1 unspecified atom stereocenters. The van der Waals surface area contributed by atoms with Gasteiger partial charge in [0, 0.05) is 12.0 Å². The third-order valence-corrected chi connectivity index (χ3v) is 10.1. The lowest BCUT2D eigenvalue weighted by atomic mass is 9.96. The molecule has 3 heteroatoms. The molecule has 136 valence electrons. The molecule has 0 fully saturated rings. The molecular formula is C23H28O2Si. The van der Waals surface area contributed by atoms with E-state index in [2.05, 4.69) is 46.0 Å². The van der Waals surface area contributed by atoms with Crippen molar-refractivity contribution < 1.29 is 9.22 Å². The van der Waals surface area contributed by atoms with Crippen LogP contribution >= 0.6 is 0 Å². The van der Waals surface area contributed by atoms with E-state index in [-0.39, 0.29) is 16.9 Å². The maximum atomic E-state index is 13.0. The van der Waals surface area contributed by atoms with Crippen LogP contribution in [-0.2, 0) is 9.22 Å². The van der Waals surface area contributed by atoms with Gasteiger partial charge in [-0.15, -0.1) is 0 Å². The third-order valence-electron chi connectivity index (χ3n) is 5.63. The standard InChI is InChI=1S/C23H28O2Si/c1-23(2,3)26(4,5)25-20-16-19(24)21(17-12-8-6-9-13-17)22(20)18-14-10-7-11-15-18/h6-15,20H,16H2,1-5H3. The van der Waals surface area contributed by atoms with E-state index in [9.17, 15) is 4.79 Å². The van der Waals surface area contributed by atoms with E-state index in [0.717, 1.165) is 22.3 Å². The largest absolute Gasteiger partial charge is 0.409 e. The molecule has 0 N–H and O–H groups in total. The van der Waals surface area contributed by atoms with E-state index in [1.165, 1.54) is 0 Å². The summed E-state index contributed by atoms with van der Waals surface area (Å²) in [6.07, 6.45) is 0.266. The molecule has 0 aliphatic heterocycles. The molecule has 0 saturated carbocycles. The number of allylic oxidation sites excluding steroid dienone is 1. The predicted octanol–water partition coefficient (Wildman–Crippen LogP) is 5.96. The average molecular weight is 365 g/mol. The van der Waals surface area contributed by atoms with Crippen LogP contribution in [-0.4, -0.2) is 20.2 Å². The van der Waals surface area contributed by atoms with Gasteiger partial charge in [-0.1, -0.05) is 81.4 Å². The van der Waals surface area contributed by atoms with Gasteiger partial charge < -0.3 is 4.43 Å². The fourth-order valence-corrected chi connectivity index (χ4v) is 4.45. The van der Waals surface area contributed by atoms with Crippen molar-refractivity contribution >= 4 is 25.2 Å². The zero-order chi connectivity index (χ0) is 18.9. The van der Waals surface area contributed by atoms with Crippen LogP contribution in [0.3, 0.4) is 0 Å². The first-order valence-corrected chi connectivity index (χ1v) is 12.2. The Labute approximate surface area is 158 Å². The first-order chi connectivity index (χ1) is 12.2. The summed E-state index contributed by atoms with van der Waals surface area (Å²) in [7, 11) is -1.99. The van der Waals surface area contributed by atoms with E-state index in [0.29, 0.717) is 6.42 Å². The number of Topliss-reactive ketones (excluding diaryl/α,β-unsaturated/α-hetero) is 1. The molecule has 0 aromatic heterocycles. The van der Waals surface area contributed by atoms with Crippen LogP contribution in [0.25, 0.3) is 11.1 Å². The number of hydrogen-bond donors (Lipinski definition) is 0. The fourth-order valence-electron chi connectivity index (χ4n) is 3.19. The van der Waals surface area contributed by atoms with E-state index in [1.807, 2.05) is 48.5 Å². The van der Waals surface area contributed by atoms with Crippen LogP contribution < -0.4 is 0 Å². The van der Waals surface area contributed by atoms with Crippen LogP contribution in [0.2, 0.25) is 18.1 Å². The summed E-state index contributed by atoms with van der Waals surface area (Å²) in [6, 6.07) is 20.2. The molecule has 0 radical (unpaired) electrons. The van der Waals surface area contributed by atoms with E-state index in [1.54, 1.807) is 0 Å². The van der Waals surface area contributed by atoms with Crippen molar-refractivity contribution in [3.8, 4) is 0 Å². The highest BCUT2D eigenvalue weighted by Crippen LogP contribution is 2.44. The smallest absolute Gasteiger partial charge is 0.192 e. The molecule has 1 aliphatic rings. The van der Waals surface area contributed by atoms with Crippen molar-refractivity contribution in [3.63, 3.8) is 0 Å². The second-order valence-corrected chi connectivity index (χ2v) is 13.3. The first kappa shape index (κ1) is 18.8. The van der Waals surface area contributed by atoms with E-state index in [4.69, 9.17) is 4.43 Å². The predicted molar refractivity (Wildman–Crippen MR) is 111 cm³/mol. The molecule has 1 aliphatic carbocycles. The molecule has 0 bridgehead atoms. The van der Waals surface area contributed by atoms with E-state index < -0.39 is 8.32 Å². The summed E-state index contributed by atoms with van der Waals surface area (Å²) < 4.78 is 6.71. The van der Waals surface area contributed by atoms with Crippen molar-refractivity contribution in [2.45, 2.75) is 51.4 Å². The normalized spacial score (nSPS) is 18.5. The van der Waals surface area contributed by atoms with Gasteiger partial charge in [0.05, 0.1) is 6.10 Å². The highest BCUT2D eigenvalue weighted by molar-refractivity contribution is 6.74. The van der Waals surface area contributed by atoms with Crippen LogP contribution in [0, 0.1) is 0 Å². The van der Waals surface area contributed by atoms with E-state index >= 15 is 0 Å². The summed E-state index contributed by atoms with van der Waals surface area (Å²) in [5, 5.41) is 0.105. The summed E-state index contributed by atoms with van der Waals surface area (Å²) in [5.74, 6) is 0.179. The Kier molecular flexibility index (Phi) is 5.04. The molecule has 1 atom stereocenters. The minimum Gasteiger partial charge on any atom is -0.409 e. The maximum absolute atomic E-state index is 13.0. The molecule has 0 amide bonds. The Morgan fingerprint density at radius 1 is 0.885 bits per heavy atom. The lowest BCUT2D eigenvalue weighted by Crippen LogP contribution is -2.43. The van der Waals surface area contributed by atoms with Crippen LogP contribution in [0.15, 0.2) is 60.7 Å². The minimum absolute atomic E-state index is 0.105. The zero-order valence-corrected chi connectivity index (χ0v) is 17.4. The quantitative estimate of drug-likeness (QED) is 0.626. The Bertz CT molecular complexity index is 814. The lowest BCUT2D eigenvalue weighted by molar-refractivity contribution is -0.114. The van der Waals surface area contributed by atoms with Crippen molar-refractivity contribution in [1.29, 1.82) is 0 Å². The molecule has 2 nitrogen and oxygen atoms in total. The first-order valence-electron chi connectivity index (χ1n) is 9.27. The molecule has 26 heavy (non-hydrogen) atoms. The highest BCUT2D eigenvalue weighted by atomic mass is 28.4. The van der Waals surface area contributed by atoms with Gasteiger partial charge in [-0.25, -0.2) is 0 Å². The molecular weight excluding hydrogens is 336 g/mol. The van der Waals surface area contributed by atoms with Crippen LogP contribution in [0.1, 0.15) is 38.3 Å². The van der Waals surface area contributed by atoms with Crippen molar-refractivity contribution in [2.75, 3.05) is 0 Å². The zero-order valence-electron chi connectivity index (χ0n) is 16.4. The van der Waals surface area contributed by atoms with Gasteiger partial charge in [-0.2, -0.15) is 0 Å². The molecule has 0 heterocycles. The second kappa shape index (κ2) is 6.97. The number of carbonyl (C=O) groups excluding carboxylic acids is 1. The van der Waals surface area contributed by atoms with Gasteiger partial charge in [0.1, 0.15) is 0 Å². The molecule has 2 aromatic carbocycles. The van der Waals surface area contributed by atoms with Crippen molar-refractivity contribution in [1.82, 2.24) is 0 Å². The number of benzene rings is 2. The molecule has 3 rings (SSSR count). The minimum atomic E-state index is -1.99. The monoisotopic (exact) mass is 364 g/mol. The summed E-state index contributed by atoms with van der Waals surface area (Å²) in [5.41, 5.74) is 3.94.